The van der Waals surface area contributed by atoms with Gasteiger partial charge in [-0.15, -0.1) is 0 Å². The van der Waals surface area contributed by atoms with Gasteiger partial charge >= 0.3 is 11.8 Å². The van der Waals surface area contributed by atoms with Gasteiger partial charge in [0.15, 0.2) is 0 Å². The fourth-order valence-electron chi connectivity index (χ4n) is 2.87. The second-order valence-electron chi connectivity index (χ2n) is 5.92. The molecule has 124 valence electrons. The van der Waals surface area contributed by atoms with Crippen LogP contribution in [0.3, 0.4) is 0 Å². The smallest absolute Gasteiger partial charge is 0.312 e. The predicted molar refractivity (Wildman–Crippen MR) is 90.4 cm³/mol. The minimum Gasteiger partial charge on any atom is -0.508 e. The van der Waals surface area contributed by atoms with Crippen molar-refractivity contribution in [2.24, 2.45) is 0 Å². The van der Waals surface area contributed by atoms with Crippen LogP contribution >= 0.6 is 0 Å². The van der Waals surface area contributed by atoms with E-state index in [0.717, 1.165) is 17.5 Å². The fraction of sp³-hybridized carbons (Fsp3) is 0.263. The number of fused-ring (bicyclic) bond motifs is 1. The van der Waals surface area contributed by atoms with Crippen LogP contribution in [0.2, 0.25) is 0 Å². The molecule has 0 aliphatic carbocycles. The van der Waals surface area contributed by atoms with Crippen molar-refractivity contribution in [3.63, 3.8) is 0 Å². The fourth-order valence-corrected chi connectivity index (χ4v) is 2.87. The van der Waals surface area contributed by atoms with Gasteiger partial charge in [-0.25, -0.2) is 0 Å². The zero-order valence-electron chi connectivity index (χ0n) is 13.4. The molecule has 1 aliphatic rings. The van der Waals surface area contributed by atoms with Gasteiger partial charge in [0.2, 0.25) is 0 Å². The van der Waals surface area contributed by atoms with Crippen LogP contribution in [0.4, 0.5) is 0 Å². The Morgan fingerprint density at radius 2 is 1.75 bits per heavy atom. The van der Waals surface area contributed by atoms with Crippen LogP contribution < -0.4 is 5.32 Å². The van der Waals surface area contributed by atoms with Crippen LogP contribution in [0.1, 0.15) is 16.7 Å². The molecular weight excluding hydrogens is 304 g/mol. The van der Waals surface area contributed by atoms with Gasteiger partial charge in [-0.1, -0.05) is 36.4 Å². The normalized spacial score (nSPS) is 13.2. The highest BCUT2D eigenvalue weighted by Crippen LogP contribution is 2.18. The molecule has 5 heteroatoms. The molecule has 0 aromatic heterocycles. The summed E-state index contributed by atoms with van der Waals surface area (Å²) in [6, 6.07) is 14.8. The van der Waals surface area contributed by atoms with E-state index in [1.54, 1.807) is 29.2 Å². The summed E-state index contributed by atoms with van der Waals surface area (Å²) in [4.78, 5) is 25.9. The molecular formula is C19H20N2O3. The highest BCUT2D eigenvalue weighted by Gasteiger charge is 2.25. The Morgan fingerprint density at radius 1 is 1.04 bits per heavy atom. The summed E-state index contributed by atoms with van der Waals surface area (Å²) in [5.74, 6) is -0.827. The van der Waals surface area contributed by atoms with E-state index in [-0.39, 0.29) is 5.75 Å². The number of carbonyl (C=O) groups is 2. The molecule has 2 aromatic carbocycles. The van der Waals surface area contributed by atoms with Gasteiger partial charge in [-0.3, -0.25) is 9.59 Å². The third-order valence-electron chi connectivity index (χ3n) is 4.25. The van der Waals surface area contributed by atoms with Crippen LogP contribution in [0.15, 0.2) is 48.5 Å². The predicted octanol–water partition coefficient (Wildman–Crippen LogP) is 1.64. The van der Waals surface area contributed by atoms with E-state index in [2.05, 4.69) is 11.4 Å². The van der Waals surface area contributed by atoms with E-state index in [4.69, 9.17) is 0 Å². The number of carbonyl (C=O) groups excluding carboxylic acids is 2. The Labute approximate surface area is 140 Å². The van der Waals surface area contributed by atoms with Crippen LogP contribution in [-0.2, 0) is 29.0 Å². The average Bonchev–Trinajstić information content (AvgIpc) is 2.62. The molecule has 0 unspecified atom stereocenters. The second-order valence-corrected chi connectivity index (χ2v) is 5.92. The molecule has 1 heterocycles. The van der Waals surface area contributed by atoms with Gasteiger partial charge in [0.05, 0.1) is 0 Å². The number of benzene rings is 2. The number of rotatable bonds is 3. The first-order valence-corrected chi connectivity index (χ1v) is 8.05. The van der Waals surface area contributed by atoms with Gasteiger partial charge in [-0.05, 0) is 41.7 Å². The van der Waals surface area contributed by atoms with Crippen LogP contribution in [0.5, 0.6) is 5.75 Å². The van der Waals surface area contributed by atoms with Crippen molar-refractivity contribution in [3.05, 3.63) is 65.2 Å². The van der Waals surface area contributed by atoms with Gasteiger partial charge in [-0.2, -0.15) is 0 Å². The lowest BCUT2D eigenvalue weighted by Gasteiger charge is -2.28. The SMILES string of the molecule is O=C(NCCc1ccc(O)cc1)C(=O)N1CCc2ccccc2C1. The zero-order chi connectivity index (χ0) is 16.9. The number of nitrogens with one attached hydrogen (secondary N) is 1. The van der Waals surface area contributed by atoms with Crippen molar-refractivity contribution in [1.29, 1.82) is 0 Å². The van der Waals surface area contributed by atoms with Crippen LogP contribution in [-0.4, -0.2) is 34.9 Å². The monoisotopic (exact) mass is 324 g/mol. The molecule has 1 aliphatic heterocycles. The maximum absolute atomic E-state index is 12.3. The summed E-state index contributed by atoms with van der Waals surface area (Å²) in [7, 11) is 0. The molecule has 0 radical (unpaired) electrons. The van der Waals surface area contributed by atoms with E-state index in [1.165, 1.54) is 5.56 Å². The third kappa shape index (κ3) is 3.74. The summed E-state index contributed by atoms with van der Waals surface area (Å²) in [6.45, 7) is 1.45. The summed E-state index contributed by atoms with van der Waals surface area (Å²) in [6.07, 6.45) is 1.39. The van der Waals surface area contributed by atoms with Crippen molar-refractivity contribution in [2.45, 2.75) is 19.4 Å². The molecule has 5 nitrogen and oxygen atoms in total. The van der Waals surface area contributed by atoms with Crippen molar-refractivity contribution in [3.8, 4) is 5.75 Å². The van der Waals surface area contributed by atoms with E-state index in [0.29, 0.717) is 26.1 Å². The molecule has 3 rings (SSSR count). The van der Waals surface area contributed by atoms with Crippen molar-refractivity contribution in [1.82, 2.24) is 10.2 Å². The number of hydrogen-bond donors (Lipinski definition) is 2. The van der Waals surface area contributed by atoms with Gasteiger partial charge < -0.3 is 15.3 Å². The topological polar surface area (TPSA) is 69.6 Å². The first-order valence-electron chi connectivity index (χ1n) is 8.05. The zero-order valence-corrected chi connectivity index (χ0v) is 13.4. The van der Waals surface area contributed by atoms with Crippen molar-refractivity contribution in [2.75, 3.05) is 13.1 Å². The van der Waals surface area contributed by atoms with E-state index >= 15 is 0 Å². The molecule has 0 saturated carbocycles. The molecule has 0 spiro atoms. The summed E-state index contributed by atoms with van der Waals surface area (Å²) < 4.78 is 0. The molecule has 2 amide bonds. The average molecular weight is 324 g/mol. The summed E-state index contributed by atoms with van der Waals surface area (Å²) >= 11 is 0. The Hall–Kier alpha value is -2.82. The van der Waals surface area contributed by atoms with Gasteiger partial charge in [0.25, 0.3) is 0 Å². The lowest BCUT2D eigenvalue weighted by molar-refractivity contribution is -0.146. The molecule has 2 N–H and O–H groups in total. The minimum absolute atomic E-state index is 0.211. The third-order valence-corrected chi connectivity index (χ3v) is 4.25. The number of phenols is 1. The maximum atomic E-state index is 12.3. The number of amides is 2. The largest absolute Gasteiger partial charge is 0.508 e. The Balaban J connectivity index is 1.50. The van der Waals surface area contributed by atoms with Crippen LogP contribution in [0.25, 0.3) is 0 Å². The number of hydrogen-bond acceptors (Lipinski definition) is 3. The Kier molecular flexibility index (Phi) is 4.79. The van der Waals surface area contributed by atoms with E-state index < -0.39 is 11.8 Å². The molecule has 0 atom stereocenters. The van der Waals surface area contributed by atoms with E-state index in [9.17, 15) is 14.7 Å². The summed E-state index contributed by atoms with van der Waals surface area (Å²) in [5.41, 5.74) is 3.34. The lowest BCUT2D eigenvalue weighted by Crippen LogP contribution is -2.45. The van der Waals surface area contributed by atoms with E-state index in [1.807, 2.05) is 18.2 Å². The lowest BCUT2D eigenvalue weighted by atomic mass is 10.00. The number of aromatic hydroxyl groups is 1. The molecule has 0 saturated heterocycles. The highest BCUT2D eigenvalue weighted by molar-refractivity contribution is 6.35. The Morgan fingerprint density at radius 3 is 2.50 bits per heavy atom. The second kappa shape index (κ2) is 7.17. The first kappa shape index (κ1) is 16.1. The maximum Gasteiger partial charge on any atom is 0.312 e. The van der Waals surface area contributed by atoms with Crippen LogP contribution in [0, 0.1) is 0 Å². The molecule has 0 bridgehead atoms. The molecule has 24 heavy (non-hydrogen) atoms. The quantitative estimate of drug-likeness (QED) is 0.843. The van der Waals surface area contributed by atoms with Crippen molar-refractivity contribution >= 4 is 11.8 Å². The highest BCUT2D eigenvalue weighted by atomic mass is 16.3. The van der Waals surface area contributed by atoms with Crippen molar-refractivity contribution < 1.29 is 14.7 Å². The minimum atomic E-state index is -0.562. The standard InChI is InChI=1S/C19H20N2O3/c22-17-7-5-14(6-8-17)9-11-20-18(23)19(24)21-12-10-15-3-1-2-4-16(15)13-21/h1-8,22H,9-13H2,(H,20,23). The number of phenolic OH excluding ortho intramolecular Hbond substituents is 1. The van der Waals surface area contributed by atoms with Gasteiger partial charge in [0.1, 0.15) is 5.75 Å². The molecule has 2 aromatic rings. The number of nitrogens with zero attached hydrogens (tertiary/aromatic N) is 1. The summed E-state index contributed by atoms with van der Waals surface area (Å²) in [5, 5.41) is 11.9. The Bertz CT molecular complexity index is 741. The van der Waals surface area contributed by atoms with Gasteiger partial charge in [0, 0.05) is 19.6 Å². The first-order chi connectivity index (χ1) is 11.6. The molecule has 0 fully saturated rings.